The lowest BCUT2D eigenvalue weighted by molar-refractivity contribution is 0.402. The summed E-state index contributed by atoms with van der Waals surface area (Å²) in [5.41, 5.74) is 0. The van der Waals surface area contributed by atoms with Gasteiger partial charge >= 0.3 is 0 Å². The number of hydrogen-bond acceptors (Lipinski definition) is 4. The molecular formula is C15H17N3O2. The van der Waals surface area contributed by atoms with E-state index in [0.29, 0.717) is 6.54 Å². The van der Waals surface area contributed by atoms with E-state index in [1.54, 1.807) is 12.5 Å². The third-order valence-electron chi connectivity index (χ3n) is 3.22. The van der Waals surface area contributed by atoms with Crippen LogP contribution in [0, 0.1) is 6.92 Å². The van der Waals surface area contributed by atoms with E-state index in [9.17, 15) is 0 Å². The molecule has 0 aliphatic rings. The van der Waals surface area contributed by atoms with Gasteiger partial charge in [-0.1, -0.05) is 0 Å². The lowest BCUT2D eigenvalue weighted by atomic mass is 10.2. The van der Waals surface area contributed by atoms with Gasteiger partial charge in [0.2, 0.25) is 0 Å². The Kier molecular flexibility index (Phi) is 3.43. The van der Waals surface area contributed by atoms with Crippen LogP contribution in [0.4, 0.5) is 0 Å². The Hall–Kier alpha value is -2.27. The summed E-state index contributed by atoms with van der Waals surface area (Å²) in [5.74, 6) is 3.55. The number of hydrogen-bond donors (Lipinski definition) is 1. The molecule has 0 bridgehead atoms. The lowest BCUT2D eigenvalue weighted by Crippen LogP contribution is -2.24. The van der Waals surface area contributed by atoms with E-state index in [4.69, 9.17) is 8.83 Å². The van der Waals surface area contributed by atoms with Crippen LogP contribution in [0.5, 0.6) is 0 Å². The molecule has 5 heteroatoms. The zero-order valence-corrected chi connectivity index (χ0v) is 11.5. The summed E-state index contributed by atoms with van der Waals surface area (Å²) in [6, 6.07) is 7.65. The van der Waals surface area contributed by atoms with E-state index in [0.717, 1.165) is 23.1 Å². The van der Waals surface area contributed by atoms with Gasteiger partial charge in [0.1, 0.15) is 29.1 Å². The highest BCUT2D eigenvalue weighted by Crippen LogP contribution is 2.21. The molecule has 0 saturated carbocycles. The van der Waals surface area contributed by atoms with Crippen LogP contribution in [-0.4, -0.2) is 9.55 Å². The van der Waals surface area contributed by atoms with Crippen molar-refractivity contribution in [3.8, 4) is 0 Å². The normalized spacial score (nSPS) is 12.7. The van der Waals surface area contributed by atoms with Crippen molar-refractivity contribution in [3.63, 3.8) is 0 Å². The van der Waals surface area contributed by atoms with Gasteiger partial charge in [0.25, 0.3) is 0 Å². The minimum absolute atomic E-state index is 0.101. The van der Waals surface area contributed by atoms with E-state index < -0.39 is 0 Å². The van der Waals surface area contributed by atoms with Gasteiger partial charge in [0.05, 0.1) is 12.8 Å². The van der Waals surface area contributed by atoms with Crippen molar-refractivity contribution in [1.29, 1.82) is 0 Å². The van der Waals surface area contributed by atoms with E-state index >= 15 is 0 Å². The third-order valence-corrected chi connectivity index (χ3v) is 3.22. The monoisotopic (exact) mass is 271 g/mol. The van der Waals surface area contributed by atoms with Crippen molar-refractivity contribution in [2.45, 2.75) is 19.5 Å². The van der Waals surface area contributed by atoms with Gasteiger partial charge < -0.3 is 13.4 Å². The number of imidazole rings is 1. The average Bonchev–Trinajstić information content (AvgIpc) is 3.14. The highest BCUT2D eigenvalue weighted by atomic mass is 16.3. The molecule has 3 aromatic rings. The topological polar surface area (TPSA) is 56.1 Å². The second kappa shape index (κ2) is 5.38. The molecule has 0 aromatic carbocycles. The van der Waals surface area contributed by atoms with Crippen molar-refractivity contribution in [1.82, 2.24) is 14.9 Å². The fraction of sp³-hybridized carbons (Fsp3) is 0.267. The molecule has 1 N–H and O–H groups in total. The number of nitrogens with zero attached hydrogens (tertiary/aromatic N) is 2. The summed E-state index contributed by atoms with van der Waals surface area (Å²) in [6.07, 6.45) is 5.37. The van der Waals surface area contributed by atoms with Crippen LogP contribution in [0.15, 0.2) is 51.8 Å². The largest absolute Gasteiger partial charge is 0.467 e. The van der Waals surface area contributed by atoms with E-state index in [1.807, 2.05) is 49.0 Å². The molecule has 104 valence electrons. The molecule has 3 heterocycles. The lowest BCUT2D eigenvalue weighted by Gasteiger charge is -2.15. The smallest absolute Gasteiger partial charge is 0.133 e. The number of furan rings is 2. The van der Waals surface area contributed by atoms with Gasteiger partial charge in [-0.2, -0.15) is 0 Å². The van der Waals surface area contributed by atoms with Crippen LogP contribution in [-0.2, 0) is 13.6 Å². The third kappa shape index (κ3) is 2.53. The molecule has 0 radical (unpaired) electrons. The Morgan fingerprint density at radius 2 is 2.25 bits per heavy atom. The van der Waals surface area contributed by atoms with E-state index in [-0.39, 0.29) is 6.04 Å². The first kappa shape index (κ1) is 12.7. The summed E-state index contributed by atoms with van der Waals surface area (Å²) in [5, 5.41) is 3.42. The van der Waals surface area contributed by atoms with Crippen molar-refractivity contribution in [3.05, 3.63) is 66.0 Å². The van der Waals surface area contributed by atoms with Gasteiger partial charge in [0, 0.05) is 19.4 Å². The molecule has 3 aromatic heterocycles. The summed E-state index contributed by atoms with van der Waals surface area (Å²) in [7, 11) is 1.97. The van der Waals surface area contributed by atoms with Crippen molar-refractivity contribution in [2.75, 3.05) is 0 Å². The molecule has 0 aliphatic heterocycles. The molecule has 1 unspecified atom stereocenters. The maximum absolute atomic E-state index is 5.58. The quantitative estimate of drug-likeness (QED) is 0.775. The summed E-state index contributed by atoms with van der Waals surface area (Å²) in [4.78, 5) is 4.40. The average molecular weight is 271 g/mol. The number of nitrogens with one attached hydrogen (secondary N) is 1. The van der Waals surface area contributed by atoms with E-state index in [1.165, 1.54) is 0 Å². The van der Waals surface area contributed by atoms with Crippen LogP contribution in [0.3, 0.4) is 0 Å². The molecular weight excluding hydrogens is 254 g/mol. The second-order valence-electron chi connectivity index (χ2n) is 4.74. The predicted molar refractivity (Wildman–Crippen MR) is 74.0 cm³/mol. The Labute approximate surface area is 117 Å². The Morgan fingerprint density at radius 1 is 1.35 bits per heavy atom. The molecule has 3 rings (SSSR count). The van der Waals surface area contributed by atoms with Crippen molar-refractivity contribution < 1.29 is 8.83 Å². The standard InChI is InChI=1S/C15H17N3O2/c1-11-5-6-12(20-11)10-17-14(13-4-3-9-19-13)15-16-7-8-18(15)2/h3-9,14,17H,10H2,1-2H3. The fourth-order valence-corrected chi connectivity index (χ4v) is 2.21. The molecule has 20 heavy (non-hydrogen) atoms. The van der Waals surface area contributed by atoms with E-state index in [2.05, 4.69) is 10.3 Å². The summed E-state index contributed by atoms with van der Waals surface area (Å²) < 4.78 is 13.1. The van der Waals surface area contributed by atoms with Crippen LogP contribution in [0.2, 0.25) is 0 Å². The van der Waals surface area contributed by atoms with Crippen molar-refractivity contribution >= 4 is 0 Å². The fourth-order valence-electron chi connectivity index (χ4n) is 2.21. The first-order valence-corrected chi connectivity index (χ1v) is 6.53. The highest BCUT2D eigenvalue weighted by Gasteiger charge is 2.20. The summed E-state index contributed by atoms with van der Waals surface area (Å²) >= 11 is 0. The van der Waals surface area contributed by atoms with Gasteiger partial charge in [-0.15, -0.1) is 0 Å². The van der Waals surface area contributed by atoms with Crippen molar-refractivity contribution in [2.24, 2.45) is 7.05 Å². The molecule has 0 spiro atoms. The number of aromatic nitrogens is 2. The summed E-state index contributed by atoms with van der Waals surface area (Å²) in [6.45, 7) is 2.55. The van der Waals surface area contributed by atoms with Crippen LogP contribution >= 0.6 is 0 Å². The van der Waals surface area contributed by atoms with Crippen LogP contribution in [0.1, 0.15) is 29.1 Å². The van der Waals surface area contributed by atoms with Crippen LogP contribution in [0.25, 0.3) is 0 Å². The first-order valence-electron chi connectivity index (χ1n) is 6.53. The number of rotatable bonds is 5. The molecule has 0 aliphatic carbocycles. The molecule has 1 atom stereocenters. The predicted octanol–water partition coefficient (Wildman–Crippen LogP) is 2.79. The molecule has 0 fully saturated rings. The van der Waals surface area contributed by atoms with Crippen LogP contribution < -0.4 is 5.32 Å². The minimum atomic E-state index is -0.101. The van der Waals surface area contributed by atoms with Gasteiger partial charge in [-0.3, -0.25) is 5.32 Å². The molecule has 5 nitrogen and oxygen atoms in total. The molecule has 0 amide bonds. The van der Waals surface area contributed by atoms with Gasteiger partial charge in [0.15, 0.2) is 0 Å². The zero-order chi connectivity index (χ0) is 13.9. The first-order chi connectivity index (χ1) is 9.74. The Bertz CT molecular complexity index is 667. The Balaban J connectivity index is 1.81. The van der Waals surface area contributed by atoms with Gasteiger partial charge in [-0.05, 0) is 31.2 Å². The Morgan fingerprint density at radius 3 is 2.85 bits per heavy atom. The number of aryl methyl sites for hydroxylation is 2. The minimum Gasteiger partial charge on any atom is -0.467 e. The van der Waals surface area contributed by atoms with Gasteiger partial charge in [-0.25, -0.2) is 4.98 Å². The maximum atomic E-state index is 5.58. The maximum Gasteiger partial charge on any atom is 0.133 e. The SMILES string of the molecule is Cc1ccc(CNC(c2ccco2)c2nccn2C)o1. The molecule has 0 saturated heterocycles. The highest BCUT2D eigenvalue weighted by molar-refractivity contribution is 5.16. The second-order valence-corrected chi connectivity index (χ2v) is 4.74. The zero-order valence-electron chi connectivity index (χ0n) is 11.5.